The first-order valence-electron chi connectivity index (χ1n) is 5.68. The molecule has 2 rings (SSSR count). The monoisotopic (exact) mass is 621 g/mol. The molecule has 8 heteroatoms. The summed E-state index contributed by atoms with van der Waals surface area (Å²) in [5, 5.41) is 9.76. The summed E-state index contributed by atoms with van der Waals surface area (Å²) in [6.45, 7) is 1.85. The molecule has 1 aromatic heterocycles. The van der Waals surface area contributed by atoms with Gasteiger partial charge in [-0.3, -0.25) is 0 Å². The number of hydrogen-bond donors (Lipinski definition) is 1. The number of aliphatic imine (C=N–C) groups is 1. The van der Waals surface area contributed by atoms with E-state index in [2.05, 4.69) is 62.1 Å². The van der Waals surface area contributed by atoms with Crippen molar-refractivity contribution in [2.45, 2.75) is 6.92 Å². The van der Waals surface area contributed by atoms with E-state index in [4.69, 9.17) is 0 Å². The number of nitrogens with zero attached hydrogens (tertiary/aromatic N) is 2. The molecule has 0 radical (unpaired) electrons. The third-order valence-electron chi connectivity index (χ3n) is 2.25. The summed E-state index contributed by atoms with van der Waals surface area (Å²) in [4.78, 5) is 8.25. The van der Waals surface area contributed by atoms with Gasteiger partial charge in [0.1, 0.15) is 5.75 Å². The van der Waals surface area contributed by atoms with Crippen LogP contribution in [0.4, 0.5) is 5.82 Å². The molecule has 0 aliphatic heterocycles. The van der Waals surface area contributed by atoms with Crippen molar-refractivity contribution in [1.29, 1.82) is 0 Å². The zero-order valence-electron chi connectivity index (χ0n) is 10.9. The predicted octanol–water partition coefficient (Wildman–Crippen LogP) is 6.23. The van der Waals surface area contributed by atoms with Crippen LogP contribution in [0.2, 0.25) is 0 Å². The first-order chi connectivity index (χ1) is 9.77. The van der Waals surface area contributed by atoms with E-state index in [9.17, 15) is 5.11 Å². The van der Waals surface area contributed by atoms with E-state index in [0.29, 0.717) is 11.4 Å². The molecule has 3 nitrogen and oxygen atoms in total. The van der Waals surface area contributed by atoms with Crippen LogP contribution in [0.15, 0.2) is 47.6 Å². The van der Waals surface area contributed by atoms with Crippen molar-refractivity contribution >= 4 is 64.1 Å². The number of hydrogen-bond acceptors (Lipinski definition) is 3. The zero-order valence-corrected chi connectivity index (χ0v) is 19.5. The third kappa shape index (κ3) is 9.28. The Morgan fingerprint density at radius 1 is 1.10 bits per heavy atom. The number of rotatable bonds is 2. The molecule has 0 bridgehead atoms. The number of para-hydroxylation sites is 1. The first-order valence-corrected chi connectivity index (χ1v) is 25.8. The maximum absolute atomic E-state index is 9.76. The maximum atomic E-state index is 9.76. The second-order valence-electron chi connectivity index (χ2n) is 3.84. The van der Waals surface area contributed by atoms with Crippen LogP contribution in [-0.2, 0) is 8.59 Å². The molecule has 0 saturated heterocycles. The van der Waals surface area contributed by atoms with Crippen molar-refractivity contribution in [1.82, 2.24) is 4.98 Å². The molecule has 0 saturated carbocycles. The van der Waals surface area contributed by atoms with E-state index in [-0.39, 0.29) is 5.75 Å². The summed E-state index contributed by atoms with van der Waals surface area (Å²) in [5.74, 6) is 0.894. The second kappa shape index (κ2) is 9.60. The number of aromatic hydroxyl groups is 1. The van der Waals surface area contributed by atoms with Crippen LogP contribution < -0.4 is 0 Å². The minimum absolute atomic E-state index is 0.266. The number of halogens is 4. The molecule has 1 N–H and O–H groups in total. The van der Waals surface area contributed by atoms with E-state index in [1.54, 1.807) is 12.4 Å². The Labute approximate surface area is 152 Å². The molecule has 0 aliphatic carbocycles. The number of phenolic OH excluding ortho intramolecular Hbond substituents is 1. The number of phenols is 1. The van der Waals surface area contributed by atoms with E-state index in [1.165, 1.54) is 0 Å². The van der Waals surface area contributed by atoms with Crippen LogP contribution in [0.5, 0.6) is 5.75 Å². The van der Waals surface area contributed by atoms with E-state index in [1.807, 2.05) is 43.3 Å². The van der Waals surface area contributed by atoms with Gasteiger partial charge in [-0.1, -0.05) is 18.2 Å². The molecule has 1 heterocycles. The van der Waals surface area contributed by atoms with E-state index in [0.717, 1.165) is 5.56 Å². The van der Waals surface area contributed by atoms with Gasteiger partial charge in [0.05, 0.1) is 0 Å². The van der Waals surface area contributed by atoms with Gasteiger partial charge < -0.3 is 5.11 Å². The van der Waals surface area contributed by atoms with Crippen LogP contribution in [0, 0.1) is 6.92 Å². The first kappa shape index (κ1) is 19.5. The Hall–Kier alpha value is 0.500. The van der Waals surface area contributed by atoms with Gasteiger partial charge in [-0.2, -0.15) is 0 Å². The SMILES string of the molecule is Cc1cccc(/C=N/c2ccccn2)c1O.[Br][Nb]([Br])([Br])[Br]. The summed E-state index contributed by atoms with van der Waals surface area (Å²) < 4.78 is 0. The zero-order chi connectivity index (χ0) is 15.9. The van der Waals surface area contributed by atoms with E-state index < -0.39 is 8.59 Å². The summed E-state index contributed by atoms with van der Waals surface area (Å²) >= 11 is 13.3. The fourth-order valence-electron chi connectivity index (χ4n) is 1.35. The van der Waals surface area contributed by atoms with Gasteiger partial charge >= 0.3 is 60.7 Å². The fraction of sp³-hybridized carbons (Fsp3) is 0.0769. The second-order valence-corrected chi connectivity index (χ2v) is 64.7. The average Bonchev–Trinajstić information content (AvgIpc) is 2.40. The van der Waals surface area contributed by atoms with Crippen LogP contribution in [-0.4, -0.2) is 16.3 Å². The molecule has 0 spiro atoms. The Kier molecular flexibility index (Phi) is 8.93. The molecule has 1 aromatic carbocycles. The fourth-order valence-corrected chi connectivity index (χ4v) is 1.35. The van der Waals surface area contributed by atoms with Gasteiger partial charge in [0.2, 0.25) is 0 Å². The van der Waals surface area contributed by atoms with Gasteiger partial charge in [0, 0.05) is 18.0 Å². The van der Waals surface area contributed by atoms with Gasteiger partial charge in [-0.15, -0.1) is 0 Å². The molecule has 21 heavy (non-hydrogen) atoms. The van der Waals surface area contributed by atoms with Crippen LogP contribution in [0.25, 0.3) is 0 Å². The number of pyridine rings is 1. The molecule has 0 atom stereocenters. The Bertz CT molecular complexity index is 597. The van der Waals surface area contributed by atoms with Crippen molar-refractivity contribution in [2.75, 3.05) is 0 Å². The van der Waals surface area contributed by atoms with Gasteiger partial charge in [-0.25, -0.2) is 9.98 Å². The van der Waals surface area contributed by atoms with Crippen molar-refractivity contribution in [3.05, 3.63) is 53.7 Å². The van der Waals surface area contributed by atoms with Crippen molar-refractivity contribution < 1.29 is 13.7 Å². The number of benzene rings is 1. The van der Waals surface area contributed by atoms with Crippen molar-refractivity contribution in [3.63, 3.8) is 0 Å². The van der Waals surface area contributed by atoms with Crippen molar-refractivity contribution in [3.8, 4) is 5.75 Å². The van der Waals surface area contributed by atoms with Gasteiger partial charge in [-0.05, 0) is 30.7 Å². The van der Waals surface area contributed by atoms with Crippen LogP contribution >= 0.6 is 52.1 Å². The van der Waals surface area contributed by atoms with Gasteiger partial charge in [0.15, 0.2) is 5.82 Å². The molecule has 0 aliphatic rings. The predicted molar refractivity (Wildman–Crippen MR) is 100 cm³/mol. The normalized spacial score (nSPS) is 11.1. The minimum atomic E-state index is -1.85. The third-order valence-corrected chi connectivity index (χ3v) is 2.25. The Morgan fingerprint density at radius 3 is 2.33 bits per heavy atom. The quantitative estimate of drug-likeness (QED) is 0.318. The van der Waals surface area contributed by atoms with Gasteiger partial charge in [0.25, 0.3) is 0 Å². The number of aryl methyl sites for hydroxylation is 1. The Morgan fingerprint density at radius 2 is 1.76 bits per heavy atom. The molecule has 0 amide bonds. The van der Waals surface area contributed by atoms with Crippen LogP contribution in [0.1, 0.15) is 11.1 Å². The summed E-state index contributed by atoms with van der Waals surface area (Å²) in [7, 11) is -1.85. The molecule has 0 unspecified atom stereocenters. The van der Waals surface area contributed by atoms with E-state index >= 15 is 0 Å². The van der Waals surface area contributed by atoms with Crippen LogP contribution in [0.3, 0.4) is 0 Å². The standard InChI is InChI=1S/C13H12N2O.4BrH.Nb/c1-10-5-4-6-11(13(10)16)9-15-12-7-2-3-8-14-12;;;;;/h2-9,16H,1H3;4*1H;/q;;;;;+4/p-4/b15-9+;;;;;. The molecule has 0 fully saturated rings. The van der Waals surface area contributed by atoms with Crippen molar-refractivity contribution in [2.24, 2.45) is 4.99 Å². The molecule has 113 valence electrons. The molecular weight excluding hydrogens is 613 g/mol. The summed E-state index contributed by atoms with van der Waals surface area (Å²) in [5.41, 5.74) is 1.54. The summed E-state index contributed by atoms with van der Waals surface area (Å²) in [6.07, 6.45) is 3.30. The molecular formula is C13H12Br4N2NbO. The summed E-state index contributed by atoms with van der Waals surface area (Å²) in [6, 6.07) is 11.1. The average molecular weight is 625 g/mol. The Balaban J connectivity index is 0.000000383. The number of aromatic nitrogens is 1. The topological polar surface area (TPSA) is 45.5 Å². The molecule has 2 aromatic rings.